The van der Waals surface area contributed by atoms with Gasteiger partial charge in [0.25, 0.3) is 0 Å². The first-order chi connectivity index (χ1) is 15.2. The fourth-order valence-corrected chi connectivity index (χ4v) is 4.88. The molecule has 0 bridgehead atoms. The second-order valence-corrected chi connectivity index (χ2v) is 8.49. The largest absolute Gasteiger partial charge is 0.326 e. The second kappa shape index (κ2) is 7.09. The summed E-state index contributed by atoms with van der Waals surface area (Å²) < 4.78 is 0. The fraction of sp³-hybridized carbons (Fsp3) is 0.0345. The van der Waals surface area contributed by atoms with Crippen LogP contribution in [0, 0.1) is 0 Å². The van der Waals surface area contributed by atoms with Crippen molar-refractivity contribution in [3.63, 3.8) is 0 Å². The van der Waals surface area contributed by atoms with Gasteiger partial charge in [-0.15, -0.1) is 0 Å². The van der Waals surface area contributed by atoms with Crippen molar-refractivity contribution in [2.45, 2.75) is 6.54 Å². The van der Waals surface area contributed by atoms with Crippen LogP contribution >= 0.6 is 11.6 Å². The number of nitrogens with two attached hydrogens (primary N) is 1. The summed E-state index contributed by atoms with van der Waals surface area (Å²) in [6, 6.07) is 34.6. The van der Waals surface area contributed by atoms with E-state index in [2.05, 4.69) is 84.9 Å². The van der Waals surface area contributed by atoms with Gasteiger partial charge in [-0.05, 0) is 72.3 Å². The molecule has 6 aromatic carbocycles. The maximum atomic E-state index is 6.13. The molecule has 0 atom stereocenters. The molecule has 0 amide bonds. The van der Waals surface area contributed by atoms with Crippen LogP contribution in [0.3, 0.4) is 0 Å². The Hall–Kier alpha value is -3.39. The minimum atomic E-state index is 0.562. The summed E-state index contributed by atoms with van der Waals surface area (Å²) in [6.45, 7) is 0.562. The topological polar surface area (TPSA) is 26.0 Å². The Morgan fingerprint density at radius 1 is 0.516 bits per heavy atom. The Labute approximate surface area is 186 Å². The Kier molecular flexibility index (Phi) is 4.21. The zero-order chi connectivity index (χ0) is 20.9. The molecule has 6 aromatic rings. The van der Waals surface area contributed by atoms with E-state index >= 15 is 0 Å². The molecular formula is C29H20ClN. The molecule has 1 nitrogen and oxygen atoms in total. The second-order valence-electron chi connectivity index (χ2n) is 8.06. The molecule has 0 heterocycles. The lowest BCUT2D eigenvalue weighted by molar-refractivity contribution is 1.07. The molecule has 31 heavy (non-hydrogen) atoms. The molecular weight excluding hydrogens is 398 g/mol. The highest BCUT2D eigenvalue weighted by molar-refractivity contribution is 6.31. The van der Waals surface area contributed by atoms with Gasteiger partial charge >= 0.3 is 0 Å². The summed E-state index contributed by atoms with van der Waals surface area (Å²) in [5.41, 5.74) is 11.8. The number of halogens is 1. The van der Waals surface area contributed by atoms with Crippen molar-refractivity contribution in [1.82, 2.24) is 0 Å². The van der Waals surface area contributed by atoms with Gasteiger partial charge in [0, 0.05) is 11.6 Å². The molecule has 2 N–H and O–H groups in total. The van der Waals surface area contributed by atoms with Crippen molar-refractivity contribution in [3.8, 4) is 22.3 Å². The summed E-state index contributed by atoms with van der Waals surface area (Å²) in [5.74, 6) is 0. The zero-order valence-electron chi connectivity index (χ0n) is 16.9. The van der Waals surface area contributed by atoms with E-state index in [1.165, 1.54) is 54.6 Å². The molecule has 0 fully saturated rings. The monoisotopic (exact) mass is 417 g/mol. The van der Waals surface area contributed by atoms with E-state index in [1.807, 2.05) is 12.1 Å². The number of rotatable bonds is 3. The summed E-state index contributed by atoms with van der Waals surface area (Å²) >= 11 is 6.13. The van der Waals surface area contributed by atoms with Gasteiger partial charge in [-0.3, -0.25) is 0 Å². The van der Waals surface area contributed by atoms with Crippen LogP contribution in [-0.2, 0) is 6.54 Å². The van der Waals surface area contributed by atoms with Crippen LogP contribution in [0.25, 0.3) is 54.6 Å². The van der Waals surface area contributed by atoms with Crippen LogP contribution in [0.2, 0.25) is 5.02 Å². The van der Waals surface area contributed by atoms with Gasteiger partial charge in [0.05, 0.1) is 0 Å². The SMILES string of the molecule is NCc1ccc(-c2ccc3ccc4c(-c5ccc(Cl)cc5)ccc5ccc2c3c54)cc1. The third kappa shape index (κ3) is 2.90. The minimum Gasteiger partial charge on any atom is -0.326 e. The first kappa shape index (κ1) is 18.4. The van der Waals surface area contributed by atoms with Gasteiger partial charge in [0.15, 0.2) is 0 Å². The summed E-state index contributed by atoms with van der Waals surface area (Å²) in [5, 5.41) is 8.49. The lowest BCUT2D eigenvalue weighted by atomic mass is 9.87. The van der Waals surface area contributed by atoms with Gasteiger partial charge in [-0.1, -0.05) is 96.5 Å². The van der Waals surface area contributed by atoms with Crippen molar-refractivity contribution in [2.24, 2.45) is 5.73 Å². The van der Waals surface area contributed by atoms with Crippen molar-refractivity contribution < 1.29 is 0 Å². The predicted octanol–water partition coefficient (Wildman–Crippen LogP) is 8.03. The fourth-order valence-electron chi connectivity index (χ4n) is 4.75. The molecule has 0 radical (unpaired) electrons. The lowest BCUT2D eigenvalue weighted by Gasteiger charge is -2.16. The Bertz CT molecular complexity index is 1550. The van der Waals surface area contributed by atoms with Crippen molar-refractivity contribution in [1.29, 1.82) is 0 Å². The van der Waals surface area contributed by atoms with Gasteiger partial charge in [-0.25, -0.2) is 0 Å². The lowest BCUT2D eigenvalue weighted by Crippen LogP contribution is -1.95. The smallest absolute Gasteiger partial charge is 0.0406 e. The molecule has 0 aliphatic carbocycles. The maximum Gasteiger partial charge on any atom is 0.0406 e. The first-order valence-electron chi connectivity index (χ1n) is 10.5. The molecule has 0 spiro atoms. The van der Waals surface area contributed by atoms with E-state index in [1.54, 1.807) is 0 Å². The maximum absolute atomic E-state index is 6.13. The Morgan fingerprint density at radius 2 is 0.968 bits per heavy atom. The first-order valence-corrected chi connectivity index (χ1v) is 10.9. The normalized spacial score (nSPS) is 11.7. The van der Waals surface area contributed by atoms with E-state index < -0.39 is 0 Å². The van der Waals surface area contributed by atoms with E-state index in [9.17, 15) is 0 Å². The van der Waals surface area contributed by atoms with Crippen LogP contribution < -0.4 is 5.73 Å². The van der Waals surface area contributed by atoms with Crippen LogP contribution in [0.1, 0.15) is 5.56 Å². The number of benzene rings is 6. The van der Waals surface area contributed by atoms with Crippen molar-refractivity contribution in [2.75, 3.05) is 0 Å². The number of hydrogen-bond acceptors (Lipinski definition) is 1. The quantitative estimate of drug-likeness (QED) is 0.290. The molecule has 0 unspecified atom stereocenters. The van der Waals surface area contributed by atoms with E-state index in [0.29, 0.717) is 6.54 Å². The zero-order valence-corrected chi connectivity index (χ0v) is 17.7. The highest BCUT2D eigenvalue weighted by Crippen LogP contribution is 2.42. The van der Waals surface area contributed by atoms with Crippen LogP contribution in [-0.4, -0.2) is 0 Å². The van der Waals surface area contributed by atoms with E-state index in [4.69, 9.17) is 17.3 Å². The molecule has 0 aromatic heterocycles. The summed E-state index contributed by atoms with van der Waals surface area (Å²) in [6.07, 6.45) is 0. The highest BCUT2D eigenvalue weighted by atomic mass is 35.5. The van der Waals surface area contributed by atoms with Crippen LogP contribution in [0.15, 0.2) is 97.1 Å². The van der Waals surface area contributed by atoms with Crippen LogP contribution in [0.4, 0.5) is 0 Å². The molecule has 0 saturated heterocycles. The summed E-state index contributed by atoms with van der Waals surface area (Å²) in [7, 11) is 0. The Morgan fingerprint density at radius 3 is 1.45 bits per heavy atom. The molecule has 2 heteroatoms. The highest BCUT2D eigenvalue weighted by Gasteiger charge is 2.14. The van der Waals surface area contributed by atoms with Gasteiger partial charge in [0.1, 0.15) is 0 Å². The third-order valence-electron chi connectivity index (χ3n) is 6.32. The Balaban J connectivity index is 1.67. The third-order valence-corrected chi connectivity index (χ3v) is 6.57. The molecule has 148 valence electrons. The average Bonchev–Trinajstić information content (AvgIpc) is 2.83. The average molecular weight is 418 g/mol. The summed E-state index contributed by atoms with van der Waals surface area (Å²) in [4.78, 5) is 0. The molecule has 0 saturated carbocycles. The number of hydrogen-bond donors (Lipinski definition) is 1. The minimum absolute atomic E-state index is 0.562. The van der Waals surface area contributed by atoms with Crippen LogP contribution in [0.5, 0.6) is 0 Å². The predicted molar refractivity (Wildman–Crippen MR) is 134 cm³/mol. The van der Waals surface area contributed by atoms with Crippen molar-refractivity contribution in [3.05, 3.63) is 108 Å². The van der Waals surface area contributed by atoms with Gasteiger partial charge in [-0.2, -0.15) is 0 Å². The molecule has 6 rings (SSSR count). The molecule has 0 aliphatic rings. The van der Waals surface area contributed by atoms with E-state index in [-0.39, 0.29) is 0 Å². The standard InChI is InChI=1S/C29H20ClN/c30-23-11-5-20(6-12-23)25-14-8-22-9-15-26-24(19-3-1-18(17-31)2-4-19)13-7-21-10-16-27(25)29(22)28(21)26/h1-16H,17,31H2. The molecule has 0 aliphatic heterocycles. The van der Waals surface area contributed by atoms with Gasteiger partial charge in [0.2, 0.25) is 0 Å². The van der Waals surface area contributed by atoms with E-state index in [0.717, 1.165) is 10.6 Å². The van der Waals surface area contributed by atoms with Gasteiger partial charge < -0.3 is 5.73 Å². The van der Waals surface area contributed by atoms with Crippen molar-refractivity contribution >= 4 is 43.9 Å².